The van der Waals surface area contributed by atoms with Crippen molar-refractivity contribution in [2.24, 2.45) is 0 Å². The third-order valence-electron chi connectivity index (χ3n) is 6.98. The third-order valence-corrected chi connectivity index (χ3v) is 6.98. The van der Waals surface area contributed by atoms with E-state index in [1.165, 1.54) is 25.9 Å². The number of nitrogens with one attached hydrogen (secondary N) is 1. The normalized spacial score (nSPS) is 18.6. The molecule has 174 valence electrons. The minimum absolute atomic E-state index is 0.224. The fourth-order valence-corrected chi connectivity index (χ4v) is 5.02. The second-order valence-corrected chi connectivity index (χ2v) is 9.11. The van der Waals surface area contributed by atoms with Gasteiger partial charge in [0.1, 0.15) is 11.5 Å². The average Bonchev–Trinajstić information content (AvgIpc) is 3.24. The molecule has 8 heteroatoms. The number of amides is 1. The quantitative estimate of drug-likeness (QED) is 0.626. The molecule has 2 fully saturated rings. The van der Waals surface area contributed by atoms with Gasteiger partial charge in [0.25, 0.3) is 0 Å². The fourth-order valence-electron chi connectivity index (χ4n) is 5.02. The van der Waals surface area contributed by atoms with E-state index in [9.17, 15) is 4.79 Å². The number of hydrogen-bond acceptors (Lipinski definition) is 6. The van der Waals surface area contributed by atoms with Gasteiger partial charge in [0, 0.05) is 63.1 Å². The van der Waals surface area contributed by atoms with Gasteiger partial charge < -0.3 is 15.1 Å². The molecule has 2 aliphatic rings. The predicted octanol–water partition coefficient (Wildman–Crippen LogP) is 2.44. The van der Waals surface area contributed by atoms with E-state index in [0.717, 1.165) is 48.9 Å². The summed E-state index contributed by atoms with van der Waals surface area (Å²) in [5.41, 5.74) is 2.71. The first-order valence-electron chi connectivity index (χ1n) is 12.0. The number of imidazole rings is 1. The summed E-state index contributed by atoms with van der Waals surface area (Å²) in [4.78, 5) is 28.9. The average molecular weight is 448 g/mol. The number of likely N-dealkylation sites (tertiary alicyclic amines) is 1. The zero-order chi connectivity index (χ0) is 22.6. The van der Waals surface area contributed by atoms with Crippen molar-refractivity contribution >= 4 is 17.4 Å². The summed E-state index contributed by atoms with van der Waals surface area (Å²) in [5, 5.41) is 3.48. The lowest BCUT2D eigenvalue weighted by Crippen LogP contribution is -2.54. The third kappa shape index (κ3) is 4.86. The number of hydrogen-bond donors (Lipinski definition) is 1. The molecule has 5 rings (SSSR count). The van der Waals surface area contributed by atoms with E-state index >= 15 is 0 Å². The summed E-state index contributed by atoms with van der Waals surface area (Å²) < 4.78 is 2.00. The molecule has 2 aromatic heterocycles. The van der Waals surface area contributed by atoms with Crippen LogP contribution < -0.4 is 5.32 Å². The molecule has 0 spiro atoms. The largest absolute Gasteiger partial charge is 0.369 e. The number of carbonyl (C=O) groups is 1. The minimum Gasteiger partial charge on any atom is -0.369 e. The molecule has 4 heterocycles. The Hall–Kier alpha value is -2.97. The topological polar surface area (TPSA) is 69.0 Å². The van der Waals surface area contributed by atoms with Gasteiger partial charge in [0.2, 0.25) is 5.91 Å². The van der Waals surface area contributed by atoms with E-state index in [1.807, 2.05) is 33.7 Å². The maximum absolute atomic E-state index is 12.9. The van der Waals surface area contributed by atoms with Gasteiger partial charge in [0.15, 0.2) is 5.65 Å². The van der Waals surface area contributed by atoms with Gasteiger partial charge in [-0.3, -0.25) is 19.1 Å². The Kier molecular flexibility index (Phi) is 6.55. The Morgan fingerprint density at radius 1 is 1.06 bits per heavy atom. The number of fused-ring (bicyclic) bond motifs is 1. The minimum atomic E-state index is 0.224. The first kappa shape index (κ1) is 21.9. The van der Waals surface area contributed by atoms with Crippen LogP contribution in [-0.2, 0) is 4.79 Å². The standard InChI is InChI=1S/C25H33N7O/c1-29-12-8-21(9-13-29)30-15-17-31(18-16-30)23(33)7-10-27-25-24(20-5-3-2-4-6-20)28-22-19-26-11-14-32(22)25/h2-6,11,14,19,21,27H,7-10,12-13,15-18H2,1H3. The highest BCUT2D eigenvalue weighted by atomic mass is 16.2. The maximum atomic E-state index is 12.9. The molecule has 8 nitrogen and oxygen atoms in total. The fraction of sp³-hybridized carbons (Fsp3) is 0.480. The molecule has 1 amide bonds. The first-order chi connectivity index (χ1) is 16.2. The van der Waals surface area contributed by atoms with Gasteiger partial charge in [-0.05, 0) is 33.0 Å². The van der Waals surface area contributed by atoms with Gasteiger partial charge >= 0.3 is 0 Å². The zero-order valence-electron chi connectivity index (χ0n) is 19.4. The molecule has 2 aliphatic heterocycles. The zero-order valence-corrected chi connectivity index (χ0v) is 19.4. The van der Waals surface area contributed by atoms with Crippen molar-refractivity contribution in [3.63, 3.8) is 0 Å². The van der Waals surface area contributed by atoms with Crippen LogP contribution in [0.15, 0.2) is 48.9 Å². The number of benzene rings is 1. The molecule has 0 saturated carbocycles. The second-order valence-electron chi connectivity index (χ2n) is 9.11. The molecular weight excluding hydrogens is 414 g/mol. The van der Waals surface area contributed by atoms with Crippen LogP contribution in [-0.4, -0.2) is 93.9 Å². The molecule has 1 aromatic carbocycles. The number of piperazine rings is 1. The Bertz CT molecular complexity index is 1070. The lowest BCUT2D eigenvalue weighted by molar-refractivity contribution is -0.133. The molecule has 0 atom stereocenters. The highest BCUT2D eigenvalue weighted by molar-refractivity contribution is 5.78. The van der Waals surface area contributed by atoms with E-state index in [1.54, 1.807) is 12.4 Å². The summed E-state index contributed by atoms with van der Waals surface area (Å²) >= 11 is 0. The number of anilines is 1. The maximum Gasteiger partial charge on any atom is 0.224 e. The number of carbonyl (C=O) groups excluding carboxylic acids is 1. The van der Waals surface area contributed by atoms with Crippen LogP contribution >= 0.6 is 0 Å². The van der Waals surface area contributed by atoms with Gasteiger partial charge in [-0.15, -0.1) is 0 Å². The monoisotopic (exact) mass is 447 g/mol. The highest BCUT2D eigenvalue weighted by Gasteiger charge is 2.28. The molecule has 0 unspecified atom stereocenters. The Labute approximate surface area is 195 Å². The van der Waals surface area contributed by atoms with Crippen LogP contribution in [0.5, 0.6) is 0 Å². The van der Waals surface area contributed by atoms with E-state index in [4.69, 9.17) is 4.98 Å². The van der Waals surface area contributed by atoms with E-state index in [-0.39, 0.29) is 5.91 Å². The second kappa shape index (κ2) is 9.89. The molecule has 2 saturated heterocycles. The van der Waals surface area contributed by atoms with Crippen molar-refractivity contribution in [3.8, 4) is 11.3 Å². The predicted molar refractivity (Wildman–Crippen MR) is 130 cm³/mol. The smallest absolute Gasteiger partial charge is 0.224 e. The van der Waals surface area contributed by atoms with Crippen molar-refractivity contribution in [2.75, 3.05) is 58.2 Å². The molecule has 0 aliphatic carbocycles. The number of aromatic nitrogens is 3. The summed E-state index contributed by atoms with van der Waals surface area (Å²) in [6.07, 6.45) is 8.37. The van der Waals surface area contributed by atoms with E-state index in [0.29, 0.717) is 19.0 Å². The lowest BCUT2D eigenvalue weighted by atomic mass is 10.0. The molecule has 0 radical (unpaired) electrons. The first-order valence-corrected chi connectivity index (χ1v) is 12.0. The Balaban J connectivity index is 1.17. The number of nitrogens with zero attached hydrogens (tertiary/aromatic N) is 6. The number of rotatable bonds is 6. The SMILES string of the molecule is CN1CCC(N2CCN(C(=O)CCNc3c(-c4ccccc4)nc4cnccn34)CC2)CC1. The van der Waals surface area contributed by atoms with Crippen LogP contribution in [0.2, 0.25) is 0 Å². The summed E-state index contributed by atoms with van der Waals surface area (Å²) in [5.74, 6) is 1.13. The van der Waals surface area contributed by atoms with Gasteiger partial charge in [0.05, 0.1) is 6.20 Å². The van der Waals surface area contributed by atoms with Crippen molar-refractivity contribution in [1.82, 2.24) is 29.1 Å². The molecule has 0 bridgehead atoms. The van der Waals surface area contributed by atoms with Crippen molar-refractivity contribution in [3.05, 3.63) is 48.9 Å². The Morgan fingerprint density at radius 3 is 2.58 bits per heavy atom. The van der Waals surface area contributed by atoms with Crippen LogP contribution in [0.4, 0.5) is 5.82 Å². The summed E-state index contributed by atoms with van der Waals surface area (Å²) in [6.45, 7) is 6.59. The van der Waals surface area contributed by atoms with Gasteiger partial charge in [-0.2, -0.15) is 0 Å². The van der Waals surface area contributed by atoms with Crippen LogP contribution in [0.3, 0.4) is 0 Å². The van der Waals surface area contributed by atoms with Crippen molar-refractivity contribution in [2.45, 2.75) is 25.3 Å². The molecule has 1 N–H and O–H groups in total. The van der Waals surface area contributed by atoms with Crippen LogP contribution in [0, 0.1) is 0 Å². The molecule has 33 heavy (non-hydrogen) atoms. The molecule has 3 aromatic rings. The highest BCUT2D eigenvalue weighted by Crippen LogP contribution is 2.28. The number of piperidine rings is 1. The Morgan fingerprint density at radius 2 is 1.82 bits per heavy atom. The van der Waals surface area contributed by atoms with Gasteiger partial charge in [-0.25, -0.2) is 4.98 Å². The molecular formula is C25H33N7O. The van der Waals surface area contributed by atoms with E-state index in [2.05, 4.69) is 39.3 Å². The van der Waals surface area contributed by atoms with Crippen LogP contribution in [0.1, 0.15) is 19.3 Å². The summed E-state index contributed by atoms with van der Waals surface area (Å²) in [6, 6.07) is 10.8. The summed E-state index contributed by atoms with van der Waals surface area (Å²) in [7, 11) is 2.20. The van der Waals surface area contributed by atoms with Crippen LogP contribution in [0.25, 0.3) is 16.9 Å². The van der Waals surface area contributed by atoms with Gasteiger partial charge in [-0.1, -0.05) is 30.3 Å². The van der Waals surface area contributed by atoms with Crippen molar-refractivity contribution in [1.29, 1.82) is 0 Å². The van der Waals surface area contributed by atoms with Crippen molar-refractivity contribution < 1.29 is 4.79 Å². The lowest BCUT2D eigenvalue weighted by Gasteiger charge is -2.42. The van der Waals surface area contributed by atoms with E-state index < -0.39 is 0 Å².